The highest BCUT2D eigenvalue weighted by Crippen LogP contribution is 2.25. The fourth-order valence-electron chi connectivity index (χ4n) is 2.91. The van der Waals surface area contributed by atoms with Crippen molar-refractivity contribution >= 4 is 39.7 Å². The van der Waals surface area contributed by atoms with Crippen LogP contribution in [0.25, 0.3) is 0 Å². The van der Waals surface area contributed by atoms with Crippen LogP contribution in [0.15, 0.2) is 40.6 Å². The van der Waals surface area contributed by atoms with E-state index in [0.717, 1.165) is 28.6 Å². The molecule has 2 N–H and O–H groups in total. The van der Waals surface area contributed by atoms with E-state index in [1.165, 1.54) is 31.3 Å². The summed E-state index contributed by atoms with van der Waals surface area (Å²) >= 11 is 1.14. The number of rotatable bonds is 5. The van der Waals surface area contributed by atoms with Crippen LogP contribution in [0.3, 0.4) is 0 Å². The van der Waals surface area contributed by atoms with Crippen LogP contribution in [-0.4, -0.2) is 45.8 Å². The van der Waals surface area contributed by atoms with E-state index in [2.05, 4.69) is 22.8 Å². The number of hydrogen-bond donors (Lipinski definition) is 2. The smallest absolute Gasteiger partial charge is 0.262 e. The highest BCUT2D eigenvalue weighted by Gasteiger charge is 2.27. The van der Waals surface area contributed by atoms with E-state index in [1.54, 1.807) is 5.38 Å². The third-order valence-corrected chi connectivity index (χ3v) is 7.18. The van der Waals surface area contributed by atoms with Crippen molar-refractivity contribution < 1.29 is 13.2 Å². The Morgan fingerprint density at radius 3 is 2.77 bits per heavy atom. The molecule has 1 aliphatic rings. The van der Waals surface area contributed by atoms with Crippen molar-refractivity contribution in [3.8, 4) is 0 Å². The molecule has 6 nitrogen and oxygen atoms in total. The summed E-state index contributed by atoms with van der Waals surface area (Å²) in [5, 5.41) is 7.90. The standard InChI is InChI=1S/C17H21N3O3S2.ClH/c1-20(2)25(22,23)15-8-10-24-16(15)17(21)19-11-14-13-6-4-3-5-12(13)7-9-18-14;/h3-6,8,10,14,18H,7,9,11H2,1-2H3,(H,19,21);1H. The van der Waals surface area contributed by atoms with E-state index in [1.807, 2.05) is 12.1 Å². The molecule has 0 aliphatic carbocycles. The van der Waals surface area contributed by atoms with Crippen LogP contribution < -0.4 is 10.6 Å². The highest BCUT2D eigenvalue weighted by molar-refractivity contribution is 7.89. The second kappa shape index (κ2) is 8.49. The minimum absolute atomic E-state index is 0. The number of fused-ring (bicyclic) bond motifs is 1. The van der Waals surface area contributed by atoms with Gasteiger partial charge in [0.2, 0.25) is 10.0 Å². The van der Waals surface area contributed by atoms with Gasteiger partial charge in [-0.1, -0.05) is 24.3 Å². The van der Waals surface area contributed by atoms with Crippen LogP contribution in [0.4, 0.5) is 0 Å². The third kappa shape index (κ3) is 4.10. The van der Waals surface area contributed by atoms with Gasteiger partial charge in [-0.3, -0.25) is 4.79 Å². The van der Waals surface area contributed by atoms with Crippen molar-refractivity contribution in [1.29, 1.82) is 0 Å². The van der Waals surface area contributed by atoms with E-state index in [-0.39, 0.29) is 34.1 Å². The lowest BCUT2D eigenvalue weighted by molar-refractivity contribution is 0.0950. The van der Waals surface area contributed by atoms with Crippen LogP contribution in [-0.2, 0) is 16.4 Å². The molecule has 2 aromatic rings. The Morgan fingerprint density at radius 1 is 1.31 bits per heavy atom. The van der Waals surface area contributed by atoms with E-state index in [4.69, 9.17) is 0 Å². The molecule has 0 fully saturated rings. The molecule has 0 bridgehead atoms. The lowest BCUT2D eigenvalue weighted by Crippen LogP contribution is -2.39. The Bertz CT molecular complexity index is 881. The van der Waals surface area contributed by atoms with Crippen LogP contribution in [0.2, 0.25) is 0 Å². The number of carbonyl (C=O) groups is 1. The van der Waals surface area contributed by atoms with Gasteiger partial charge in [0.25, 0.3) is 5.91 Å². The predicted octanol–water partition coefficient (Wildman–Crippen LogP) is 2.04. The van der Waals surface area contributed by atoms with Crippen LogP contribution in [0.1, 0.15) is 26.8 Å². The van der Waals surface area contributed by atoms with E-state index < -0.39 is 10.0 Å². The maximum absolute atomic E-state index is 12.5. The number of benzene rings is 1. The summed E-state index contributed by atoms with van der Waals surface area (Å²) in [7, 11) is -0.722. The molecule has 1 aromatic heterocycles. The van der Waals surface area contributed by atoms with Gasteiger partial charge in [0.05, 0.1) is 0 Å². The van der Waals surface area contributed by atoms with Gasteiger partial charge in [-0.25, -0.2) is 12.7 Å². The molecule has 1 aliphatic heterocycles. The largest absolute Gasteiger partial charge is 0.349 e. The number of nitrogens with zero attached hydrogens (tertiary/aromatic N) is 1. The lowest BCUT2D eigenvalue weighted by atomic mass is 9.94. The summed E-state index contributed by atoms with van der Waals surface area (Å²) in [6.45, 7) is 1.27. The van der Waals surface area contributed by atoms with Crippen LogP contribution in [0, 0.1) is 0 Å². The number of hydrogen-bond acceptors (Lipinski definition) is 5. The zero-order valence-electron chi connectivity index (χ0n) is 14.6. The molecule has 0 saturated carbocycles. The predicted molar refractivity (Wildman–Crippen MR) is 106 cm³/mol. The Kier molecular flexibility index (Phi) is 6.81. The molecular formula is C17H22ClN3O3S2. The topological polar surface area (TPSA) is 78.5 Å². The van der Waals surface area contributed by atoms with E-state index in [0.29, 0.717) is 6.54 Å². The minimum Gasteiger partial charge on any atom is -0.349 e. The maximum atomic E-state index is 12.5. The molecular weight excluding hydrogens is 394 g/mol. The zero-order chi connectivity index (χ0) is 18.0. The first-order valence-electron chi connectivity index (χ1n) is 8.00. The third-order valence-electron chi connectivity index (χ3n) is 4.28. The first-order chi connectivity index (χ1) is 11.9. The van der Waals surface area contributed by atoms with Crippen molar-refractivity contribution in [2.24, 2.45) is 0 Å². The minimum atomic E-state index is -3.63. The number of sulfonamides is 1. The summed E-state index contributed by atoms with van der Waals surface area (Å²) in [5.41, 5.74) is 2.47. The summed E-state index contributed by atoms with van der Waals surface area (Å²) < 4.78 is 25.8. The average molecular weight is 416 g/mol. The Morgan fingerprint density at radius 2 is 2.04 bits per heavy atom. The molecule has 142 valence electrons. The second-order valence-corrected chi connectivity index (χ2v) is 9.10. The first-order valence-corrected chi connectivity index (χ1v) is 10.3. The molecule has 3 rings (SSSR count). The van der Waals surface area contributed by atoms with Crippen LogP contribution >= 0.6 is 23.7 Å². The molecule has 26 heavy (non-hydrogen) atoms. The molecule has 2 heterocycles. The van der Waals surface area contributed by atoms with Gasteiger partial charge in [0, 0.05) is 26.7 Å². The first kappa shape index (κ1) is 20.9. The highest BCUT2D eigenvalue weighted by atomic mass is 35.5. The molecule has 1 amide bonds. The molecule has 0 saturated heterocycles. The van der Waals surface area contributed by atoms with Gasteiger partial charge >= 0.3 is 0 Å². The monoisotopic (exact) mass is 415 g/mol. The summed E-state index contributed by atoms with van der Waals surface area (Å²) in [4.78, 5) is 12.8. The van der Waals surface area contributed by atoms with Gasteiger partial charge in [0.1, 0.15) is 9.77 Å². The maximum Gasteiger partial charge on any atom is 0.262 e. The zero-order valence-corrected chi connectivity index (χ0v) is 17.0. The normalized spacial score (nSPS) is 16.7. The number of thiophene rings is 1. The molecule has 1 atom stereocenters. The second-order valence-electron chi connectivity index (χ2n) is 6.07. The number of amides is 1. The Labute approximate surface area is 164 Å². The van der Waals surface area contributed by atoms with Gasteiger partial charge in [-0.15, -0.1) is 23.7 Å². The quantitative estimate of drug-likeness (QED) is 0.783. The molecule has 1 unspecified atom stereocenters. The molecule has 0 spiro atoms. The molecule has 1 aromatic carbocycles. The summed E-state index contributed by atoms with van der Waals surface area (Å²) in [5.74, 6) is -0.361. The van der Waals surface area contributed by atoms with Crippen molar-refractivity contribution in [2.45, 2.75) is 17.4 Å². The van der Waals surface area contributed by atoms with Crippen molar-refractivity contribution in [2.75, 3.05) is 27.2 Å². The van der Waals surface area contributed by atoms with E-state index >= 15 is 0 Å². The van der Waals surface area contributed by atoms with Gasteiger partial charge in [-0.2, -0.15) is 0 Å². The summed E-state index contributed by atoms with van der Waals surface area (Å²) in [6, 6.07) is 9.68. The van der Waals surface area contributed by atoms with Crippen molar-refractivity contribution in [3.63, 3.8) is 0 Å². The number of nitrogens with one attached hydrogen (secondary N) is 2. The Hall–Kier alpha value is -1.45. The van der Waals surface area contributed by atoms with Crippen LogP contribution in [0.5, 0.6) is 0 Å². The van der Waals surface area contributed by atoms with Gasteiger partial charge in [-0.05, 0) is 35.5 Å². The van der Waals surface area contributed by atoms with Gasteiger partial charge in [0.15, 0.2) is 0 Å². The van der Waals surface area contributed by atoms with Crippen molar-refractivity contribution in [1.82, 2.24) is 14.9 Å². The lowest BCUT2D eigenvalue weighted by Gasteiger charge is -2.27. The average Bonchev–Trinajstić information content (AvgIpc) is 3.10. The molecule has 0 radical (unpaired) electrons. The molecule has 9 heteroatoms. The van der Waals surface area contributed by atoms with E-state index in [9.17, 15) is 13.2 Å². The fraction of sp³-hybridized carbons (Fsp3) is 0.353. The number of carbonyl (C=O) groups excluding carboxylic acids is 1. The van der Waals surface area contributed by atoms with Gasteiger partial charge < -0.3 is 10.6 Å². The van der Waals surface area contributed by atoms with Crippen molar-refractivity contribution in [3.05, 3.63) is 51.7 Å². The fourth-order valence-corrected chi connectivity index (χ4v) is 5.12. The summed E-state index contributed by atoms with van der Waals surface area (Å²) in [6.07, 6.45) is 0.969. The number of halogens is 1. The SMILES string of the molecule is CN(C)S(=O)(=O)c1ccsc1C(=O)NCC1NCCc2ccccc21.Cl. The Balaban J connectivity index is 0.00000243.